The van der Waals surface area contributed by atoms with E-state index in [9.17, 15) is 19.2 Å². The number of amides is 1. The summed E-state index contributed by atoms with van der Waals surface area (Å²) < 4.78 is 9.81. The van der Waals surface area contributed by atoms with Crippen molar-refractivity contribution in [2.75, 3.05) is 6.61 Å². The lowest BCUT2D eigenvalue weighted by Crippen LogP contribution is -2.51. The van der Waals surface area contributed by atoms with E-state index in [1.807, 2.05) is 0 Å². The average Bonchev–Trinajstić information content (AvgIpc) is 2.39. The first kappa shape index (κ1) is 19.8. The van der Waals surface area contributed by atoms with Crippen LogP contribution in [0.2, 0.25) is 0 Å². The summed E-state index contributed by atoms with van der Waals surface area (Å²) >= 11 is 0. The Morgan fingerprint density at radius 2 is 1.55 bits per heavy atom. The minimum Gasteiger partial charge on any atom is -0.480 e. The summed E-state index contributed by atoms with van der Waals surface area (Å²) in [6.07, 6.45) is -2.11. The molecule has 0 radical (unpaired) electrons. The molecule has 0 aromatic carbocycles. The summed E-state index contributed by atoms with van der Waals surface area (Å²) in [7, 11) is 0. The van der Waals surface area contributed by atoms with Crippen LogP contribution >= 0.6 is 0 Å². The number of carboxylic acid groups (broad SMARTS) is 1. The predicted octanol–water partition coefficient (Wildman–Crippen LogP) is -0.932. The summed E-state index contributed by atoms with van der Waals surface area (Å²) in [5.74, 6) is -4.37. The van der Waals surface area contributed by atoms with Crippen LogP contribution in [0.1, 0.15) is 27.7 Å². The zero-order chi connectivity index (χ0) is 17.4. The third-order valence-electron chi connectivity index (χ3n) is 2.92. The van der Waals surface area contributed by atoms with Gasteiger partial charge in [-0.1, -0.05) is 6.92 Å². The lowest BCUT2D eigenvalue weighted by Gasteiger charge is -2.27. The van der Waals surface area contributed by atoms with Gasteiger partial charge in [0.15, 0.2) is 6.10 Å². The summed E-state index contributed by atoms with van der Waals surface area (Å²) in [6, 6.07) is -1.53. The van der Waals surface area contributed by atoms with E-state index in [1.54, 1.807) is 0 Å². The second-order valence-corrected chi connectivity index (χ2v) is 4.79. The van der Waals surface area contributed by atoms with Crippen molar-refractivity contribution in [3.63, 3.8) is 0 Å². The van der Waals surface area contributed by atoms with E-state index >= 15 is 0 Å². The molecule has 9 heteroatoms. The number of nitrogens with one attached hydrogen (secondary N) is 1. The third kappa shape index (κ3) is 6.53. The predicted molar refractivity (Wildman–Crippen MR) is 72.6 cm³/mol. The fourth-order valence-corrected chi connectivity index (χ4v) is 1.63. The number of carbonyl (C=O) groups excluding carboxylic acids is 3. The van der Waals surface area contributed by atoms with Crippen LogP contribution < -0.4 is 5.32 Å². The minimum atomic E-state index is -1.53. The van der Waals surface area contributed by atoms with Crippen LogP contribution in [-0.4, -0.2) is 58.9 Å². The highest BCUT2D eigenvalue weighted by molar-refractivity contribution is 5.88. The van der Waals surface area contributed by atoms with Gasteiger partial charge in [0.1, 0.15) is 12.1 Å². The van der Waals surface area contributed by atoms with E-state index < -0.39 is 54.6 Å². The fourth-order valence-electron chi connectivity index (χ4n) is 1.63. The standard InChI is InChI=1S/C13H21NO8/c1-6(7(2)21-8(3)16)11(22-9(4)17)12(18)14-10(5-15)13(19)20/h6-7,10-11,15H,5H2,1-4H3,(H,14,18)(H,19,20)/t6-,7+,10-,11+/m0/s1. The molecule has 22 heavy (non-hydrogen) atoms. The van der Waals surface area contributed by atoms with Crippen LogP contribution in [0.4, 0.5) is 0 Å². The van der Waals surface area contributed by atoms with Crippen LogP contribution in [0.3, 0.4) is 0 Å². The third-order valence-corrected chi connectivity index (χ3v) is 2.92. The van der Waals surface area contributed by atoms with Gasteiger partial charge in [-0.2, -0.15) is 0 Å². The first-order chi connectivity index (χ1) is 10.1. The maximum atomic E-state index is 12.1. The number of hydrogen-bond donors (Lipinski definition) is 3. The number of aliphatic hydroxyl groups excluding tert-OH is 1. The van der Waals surface area contributed by atoms with Gasteiger partial charge in [0, 0.05) is 19.8 Å². The molecule has 0 aliphatic rings. The van der Waals surface area contributed by atoms with Gasteiger partial charge in [-0.3, -0.25) is 14.4 Å². The lowest BCUT2D eigenvalue weighted by atomic mass is 9.97. The molecule has 0 aromatic heterocycles. The van der Waals surface area contributed by atoms with E-state index in [4.69, 9.17) is 19.7 Å². The number of carbonyl (C=O) groups is 4. The molecule has 3 N–H and O–H groups in total. The van der Waals surface area contributed by atoms with Gasteiger partial charge in [-0.05, 0) is 6.92 Å². The zero-order valence-electron chi connectivity index (χ0n) is 12.9. The molecular weight excluding hydrogens is 298 g/mol. The molecule has 0 aromatic rings. The average molecular weight is 319 g/mol. The maximum absolute atomic E-state index is 12.1. The van der Waals surface area contributed by atoms with Crippen molar-refractivity contribution >= 4 is 23.8 Å². The topological polar surface area (TPSA) is 139 Å². The minimum absolute atomic E-state index is 0.569. The molecule has 0 bridgehead atoms. The van der Waals surface area contributed by atoms with E-state index in [0.717, 1.165) is 6.92 Å². The maximum Gasteiger partial charge on any atom is 0.328 e. The van der Waals surface area contributed by atoms with E-state index in [-0.39, 0.29) is 0 Å². The van der Waals surface area contributed by atoms with E-state index in [1.165, 1.54) is 20.8 Å². The lowest BCUT2D eigenvalue weighted by molar-refractivity contribution is -0.164. The van der Waals surface area contributed by atoms with Crippen molar-refractivity contribution in [1.82, 2.24) is 5.32 Å². The van der Waals surface area contributed by atoms with Gasteiger partial charge in [-0.25, -0.2) is 4.79 Å². The van der Waals surface area contributed by atoms with Crippen LogP contribution in [0, 0.1) is 5.92 Å². The first-order valence-electron chi connectivity index (χ1n) is 6.58. The highest BCUT2D eigenvalue weighted by Gasteiger charge is 2.35. The van der Waals surface area contributed by atoms with Crippen molar-refractivity contribution in [2.24, 2.45) is 5.92 Å². The van der Waals surface area contributed by atoms with Crippen molar-refractivity contribution in [3.05, 3.63) is 0 Å². The molecule has 9 nitrogen and oxygen atoms in total. The Kier molecular flexibility index (Phi) is 8.10. The smallest absolute Gasteiger partial charge is 0.328 e. The highest BCUT2D eigenvalue weighted by atomic mass is 16.6. The van der Waals surface area contributed by atoms with Gasteiger partial charge in [0.2, 0.25) is 0 Å². The summed E-state index contributed by atoms with van der Waals surface area (Å²) in [5.41, 5.74) is 0. The highest BCUT2D eigenvalue weighted by Crippen LogP contribution is 2.16. The van der Waals surface area contributed by atoms with E-state index in [0.29, 0.717) is 0 Å². The summed E-state index contributed by atoms with van der Waals surface area (Å²) in [5, 5.41) is 19.8. The Bertz CT molecular complexity index is 436. The molecule has 4 atom stereocenters. The van der Waals surface area contributed by atoms with Crippen LogP contribution in [0.15, 0.2) is 0 Å². The van der Waals surface area contributed by atoms with Gasteiger partial charge in [0.05, 0.1) is 6.61 Å². The molecule has 1 amide bonds. The SMILES string of the molecule is CC(=O)O[C@H](C)[C@H](C)[C@@H](OC(C)=O)C(=O)N[C@@H](CO)C(=O)O. The molecule has 0 fully saturated rings. The second kappa shape index (κ2) is 8.98. The van der Waals surface area contributed by atoms with Crippen LogP contribution in [0.5, 0.6) is 0 Å². The van der Waals surface area contributed by atoms with Crippen molar-refractivity contribution in [1.29, 1.82) is 0 Å². The molecule has 0 aliphatic carbocycles. The zero-order valence-corrected chi connectivity index (χ0v) is 12.9. The van der Waals surface area contributed by atoms with Crippen molar-refractivity contribution in [2.45, 2.75) is 45.9 Å². The second-order valence-electron chi connectivity index (χ2n) is 4.79. The Balaban J connectivity index is 5.09. The van der Waals surface area contributed by atoms with Crippen LogP contribution in [0.25, 0.3) is 0 Å². The van der Waals surface area contributed by atoms with Gasteiger partial charge in [-0.15, -0.1) is 0 Å². The number of rotatable bonds is 8. The largest absolute Gasteiger partial charge is 0.480 e. The Labute approximate surface area is 127 Å². The van der Waals surface area contributed by atoms with Gasteiger partial charge in [0.25, 0.3) is 5.91 Å². The molecular formula is C13H21NO8. The molecule has 0 heterocycles. The monoisotopic (exact) mass is 319 g/mol. The van der Waals surface area contributed by atoms with Gasteiger partial charge >= 0.3 is 17.9 Å². The van der Waals surface area contributed by atoms with Crippen LogP contribution in [-0.2, 0) is 28.7 Å². The Hall–Kier alpha value is -2.16. The van der Waals surface area contributed by atoms with Gasteiger partial charge < -0.3 is 25.0 Å². The number of ether oxygens (including phenoxy) is 2. The molecule has 0 saturated heterocycles. The molecule has 126 valence electrons. The molecule has 0 unspecified atom stereocenters. The molecule has 0 spiro atoms. The molecule has 0 saturated carbocycles. The number of carboxylic acids is 1. The Morgan fingerprint density at radius 3 is 1.91 bits per heavy atom. The van der Waals surface area contributed by atoms with Crippen molar-refractivity contribution < 1.29 is 38.9 Å². The van der Waals surface area contributed by atoms with E-state index in [2.05, 4.69) is 5.32 Å². The normalized spacial score (nSPS) is 15.9. The number of hydrogen-bond acceptors (Lipinski definition) is 7. The number of esters is 2. The molecule has 0 aliphatic heterocycles. The number of aliphatic hydroxyl groups is 1. The first-order valence-corrected chi connectivity index (χ1v) is 6.58. The summed E-state index contributed by atoms with van der Waals surface area (Å²) in [6.45, 7) is 4.48. The van der Waals surface area contributed by atoms with Crippen molar-refractivity contribution in [3.8, 4) is 0 Å². The number of aliphatic carboxylic acids is 1. The Morgan fingerprint density at radius 1 is 1.05 bits per heavy atom. The molecule has 0 rings (SSSR count). The summed E-state index contributed by atoms with van der Waals surface area (Å²) in [4.78, 5) is 45.0. The quantitative estimate of drug-likeness (QED) is 0.487. The fraction of sp³-hybridized carbons (Fsp3) is 0.692.